The van der Waals surface area contributed by atoms with Crippen LogP contribution < -0.4 is 11.1 Å². The van der Waals surface area contributed by atoms with Crippen LogP contribution in [0.3, 0.4) is 0 Å². The van der Waals surface area contributed by atoms with E-state index in [0.717, 1.165) is 23.1 Å². The molecule has 3 N–H and O–H groups in total. The van der Waals surface area contributed by atoms with Crippen LogP contribution in [0.15, 0.2) is 73.6 Å². The lowest BCUT2D eigenvalue weighted by atomic mass is 9.84. The molecular weight excluding hydrogens is 338 g/mol. The number of carbonyl (C=O) groups is 1. The molecule has 0 radical (unpaired) electrons. The normalized spacial score (nSPS) is 13.0. The summed E-state index contributed by atoms with van der Waals surface area (Å²) in [7, 11) is 0. The van der Waals surface area contributed by atoms with E-state index in [1.165, 1.54) is 0 Å². The Hall–Kier alpha value is -3.12. The summed E-state index contributed by atoms with van der Waals surface area (Å²) in [6, 6.07) is 11.5. The van der Waals surface area contributed by atoms with E-state index >= 15 is 0 Å². The van der Waals surface area contributed by atoms with Gasteiger partial charge in [0.15, 0.2) is 0 Å². The van der Waals surface area contributed by atoms with Crippen LogP contribution in [0.2, 0.25) is 0 Å². The SMILES string of the molecule is NC(=O)C(CCc1cccnc1)(NCCc1cccnc1)c1cccnc1. The number of carbonyl (C=O) groups excluding carboxylic acids is 1. The molecule has 6 heteroatoms. The average Bonchev–Trinajstić information content (AvgIpc) is 2.72. The third-order valence-electron chi connectivity index (χ3n) is 4.65. The highest BCUT2D eigenvalue weighted by atomic mass is 16.1. The standard InChI is InChI=1S/C21H23N5O/c22-20(27)21(19-6-3-12-25-16-19,9-7-17-4-1-10-23-14-17)26-13-8-18-5-2-11-24-15-18/h1-6,10-12,14-16,26H,7-9,13H2,(H2,22,27). The van der Waals surface area contributed by atoms with Crippen molar-refractivity contribution in [3.05, 3.63) is 90.3 Å². The number of primary amides is 1. The van der Waals surface area contributed by atoms with E-state index in [1.54, 1.807) is 24.8 Å². The first kappa shape index (κ1) is 18.7. The molecule has 1 unspecified atom stereocenters. The number of amides is 1. The number of hydrogen-bond donors (Lipinski definition) is 2. The van der Waals surface area contributed by atoms with Crippen molar-refractivity contribution in [2.75, 3.05) is 6.54 Å². The van der Waals surface area contributed by atoms with E-state index in [9.17, 15) is 4.79 Å². The molecule has 138 valence electrons. The molecule has 0 saturated heterocycles. The lowest BCUT2D eigenvalue weighted by molar-refractivity contribution is -0.125. The van der Waals surface area contributed by atoms with Gasteiger partial charge in [-0.1, -0.05) is 18.2 Å². The summed E-state index contributed by atoms with van der Waals surface area (Å²) >= 11 is 0. The van der Waals surface area contributed by atoms with Gasteiger partial charge in [0.2, 0.25) is 5.91 Å². The summed E-state index contributed by atoms with van der Waals surface area (Å²) in [5.74, 6) is -0.412. The van der Waals surface area contributed by atoms with Gasteiger partial charge in [0.1, 0.15) is 5.54 Å². The summed E-state index contributed by atoms with van der Waals surface area (Å²) in [5.41, 5.74) is 7.82. The zero-order valence-electron chi connectivity index (χ0n) is 15.1. The van der Waals surface area contributed by atoms with Crippen LogP contribution in [0.25, 0.3) is 0 Å². The molecule has 0 aliphatic carbocycles. The Kier molecular flexibility index (Phi) is 6.22. The predicted octanol–water partition coefficient (Wildman–Crippen LogP) is 2.02. The highest BCUT2D eigenvalue weighted by molar-refractivity contribution is 5.86. The van der Waals surface area contributed by atoms with E-state index in [4.69, 9.17) is 5.73 Å². The quantitative estimate of drug-likeness (QED) is 0.608. The van der Waals surface area contributed by atoms with Crippen molar-refractivity contribution in [1.82, 2.24) is 20.3 Å². The van der Waals surface area contributed by atoms with Gasteiger partial charge in [-0.05, 0) is 54.2 Å². The highest BCUT2D eigenvalue weighted by Crippen LogP contribution is 2.26. The van der Waals surface area contributed by atoms with Crippen LogP contribution in [0.5, 0.6) is 0 Å². The number of rotatable bonds is 9. The number of nitrogens with zero attached hydrogens (tertiary/aromatic N) is 3. The summed E-state index contributed by atoms with van der Waals surface area (Å²) < 4.78 is 0. The minimum absolute atomic E-state index is 0.412. The maximum Gasteiger partial charge on any atom is 0.242 e. The molecule has 3 heterocycles. The number of nitrogens with one attached hydrogen (secondary N) is 1. The first-order valence-electron chi connectivity index (χ1n) is 8.94. The minimum atomic E-state index is -0.994. The number of hydrogen-bond acceptors (Lipinski definition) is 5. The molecule has 0 aromatic carbocycles. The number of aryl methyl sites for hydroxylation is 1. The fraction of sp³-hybridized carbons (Fsp3) is 0.238. The molecule has 0 spiro atoms. The van der Waals surface area contributed by atoms with Crippen LogP contribution in [-0.4, -0.2) is 27.4 Å². The van der Waals surface area contributed by atoms with Gasteiger partial charge in [-0.25, -0.2) is 0 Å². The fourth-order valence-electron chi connectivity index (χ4n) is 3.15. The maximum absolute atomic E-state index is 12.6. The smallest absolute Gasteiger partial charge is 0.242 e. The molecule has 0 bridgehead atoms. The van der Waals surface area contributed by atoms with Gasteiger partial charge < -0.3 is 5.73 Å². The monoisotopic (exact) mass is 361 g/mol. The van der Waals surface area contributed by atoms with Crippen molar-refractivity contribution in [2.45, 2.75) is 24.8 Å². The minimum Gasteiger partial charge on any atom is -0.368 e. The molecule has 3 aromatic rings. The summed E-state index contributed by atoms with van der Waals surface area (Å²) in [6.07, 6.45) is 12.4. The molecule has 0 fully saturated rings. The van der Waals surface area contributed by atoms with E-state index in [-0.39, 0.29) is 0 Å². The van der Waals surface area contributed by atoms with Gasteiger partial charge >= 0.3 is 0 Å². The van der Waals surface area contributed by atoms with Crippen LogP contribution in [0, 0.1) is 0 Å². The van der Waals surface area contributed by atoms with Crippen LogP contribution in [0.4, 0.5) is 0 Å². The van der Waals surface area contributed by atoms with Gasteiger partial charge in [0.05, 0.1) is 0 Å². The second kappa shape index (κ2) is 9.00. The highest BCUT2D eigenvalue weighted by Gasteiger charge is 2.37. The molecular formula is C21H23N5O. The van der Waals surface area contributed by atoms with E-state index in [1.807, 2.05) is 48.8 Å². The van der Waals surface area contributed by atoms with Gasteiger partial charge in [-0.3, -0.25) is 25.1 Å². The van der Waals surface area contributed by atoms with Crippen molar-refractivity contribution in [1.29, 1.82) is 0 Å². The number of nitrogens with two attached hydrogens (primary N) is 1. The average molecular weight is 361 g/mol. The van der Waals surface area contributed by atoms with E-state index in [0.29, 0.717) is 19.4 Å². The molecule has 0 aliphatic rings. The maximum atomic E-state index is 12.6. The third kappa shape index (κ3) is 4.74. The van der Waals surface area contributed by atoms with Gasteiger partial charge in [0, 0.05) is 43.7 Å². The Balaban J connectivity index is 1.81. The second-order valence-electron chi connectivity index (χ2n) is 6.41. The fourth-order valence-corrected chi connectivity index (χ4v) is 3.15. The van der Waals surface area contributed by atoms with Crippen LogP contribution in [0.1, 0.15) is 23.1 Å². The molecule has 1 atom stereocenters. The second-order valence-corrected chi connectivity index (χ2v) is 6.41. The molecule has 1 amide bonds. The van der Waals surface area contributed by atoms with E-state index in [2.05, 4.69) is 20.3 Å². The third-order valence-corrected chi connectivity index (χ3v) is 4.65. The molecule has 27 heavy (non-hydrogen) atoms. The lowest BCUT2D eigenvalue weighted by Crippen LogP contribution is -2.53. The molecule has 3 rings (SSSR count). The molecule has 6 nitrogen and oxygen atoms in total. The van der Waals surface area contributed by atoms with Gasteiger partial charge in [-0.2, -0.15) is 0 Å². The zero-order chi connectivity index (χ0) is 19.0. The van der Waals surface area contributed by atoms with Crippen LogP contribution >= 0.6 is 0 Å². The van der Waals surface area contributed by atoms with E-state index < -0.39 is 11.4 Å². The van der Waals surface area contributed by atoms with Crippen molar-refractivity contribution in [2.24, 2.45) is 5.73 Å². The Morgan fingerprint density at radius 3 is 2.00 bits per heavy atom. The van der Waals surface area contributed by atoms with Gasteiger partial charge in [0.25, 0.3) is 0 Å². The lowest BCUT2D eigenvalue weighted by Gasteiger charge is -2.32. The first-order valence-corrected chi connectivity index (χ1v) is 8.94. The largest absolute Gasteiger partial charge is 0.368 e. The Bertz CT molecular complexity index is 842. The number of pyridine rings is 3. The molecule has 3 aromatic heterocycles. The summed E-state index contributed by atoms with van der Waals surface area (Å²) in [5, 5.41) is 3.41. The van der Waals surface area contributed by atoms with Crippen molar-refractivity contribution < 1.29 is 4.79 Å². The van der Waals surface area contributed by atoms with Crippen molar-refractivity contribution in [3.8, 4) is 0 Å². The predicted molar refractivity (Wildman–Crippen MR) is 104 cm³/mol. The summed E-state index contributed by atoms with van der Waals surface area (Å²) in [4.78, 5) is 25.1. The van der Waals surface area contributed by atoms with Crippen LogP contribution in [-0.2, 0) is 23.2 Å². The first-order chi connectivity index (χ1) is 13.2. The Labute approximate surface area is 158 Å². The zero-order valence-corrected chi connectivity index (χ0v) is 15.1. The molecule has 0 saturated carbocycles. The molecule has 0 aliphatic heterocycles. The topological polar surface area (TPSA) is 93.8 Å². The number of aromatic nitrogens is 3. The summed E-state index contributed by atoms with van der Waals surface area (Å²) in [6.45, 7) is 0.594. The Morgan fingerprint density at radius 2 is 1.48 bits per heavy atom. The Morgan fingerprint density at radius 1 is 0.889 bits per heavy atom. The van der Waals surface area contributed by atoms with Gasteiger partial charge in [-0.15, -0.1) is 0 Å². The van der Waals surface area contributed by atoms with Crippen molar-refractivity contribution in [3.63, 3.8) is 0 Å². The van der Waals surface area contributed by atoms with Crippen molar-refractivity contribution >= 4 is 5.91 Å².